The second kappa shape index (κ2) is 6.36. The second-order valence-corrected chi connectivity index (χ2v) is 8.34. The third-order valence-electron chi connectivity index (χ3n) is 4.92. The zero-order chi connectivity index (χ0) is 18.3. The highest BCUT2D eigenvalue weighted by molar-refractivity contribution is 7.92. The van der Waals surface area contributed by atoms with Gasteiger partial charge in [0.1, 0.15) is 17.1 Å². The summed E-state index contributed by atoms with van der Waals surface area (Å²) in [6, 6.07) is 10.2. The molecular weight excluding hydrogens is 350 g/mol. The van der Waals surface area contributed by atoms with E-state index in [1.165, 1.54) is 17.7 Å². The number of benzene rings is 2. The molecule has 1 aromatic heterocycles. The van der Waals surface area contributed by atoms with Crippen LogP contribution in [0.5, 0.6) is 5.75 Å². The summed E-state index contributed by atoms with van der Waals surface area (Å²) < 4.78 is 39.3. The molecule has 0 radical (unpaired) electrons. The lowest BCUT2D eigenvalue weighted by Crippen LogP contribution is -2.13. The maximum Gasteiger partial charge on any atom is 0.261 e. The van der Waals surface area contributed by atoms with E-state index in [9.17, 15) is 8.42 Å². The summed E-state index contributed by atoms with van der Waals surface area (Å²) in [5.74, 6) is 1.66. The maximum absolute atomic E-state index is 12.7. The number of furan rings is 1. The highest BCUT2D eigenvalue weighted by Gasteiger charge is 2.21. The van der Waals surface area contributed by atoms with Crippen molar-refractivity contribution in [3.05, 3.63) is 53.3 Å². The fourth-order valence-electron chi connectivity index (χ4n) is 3.48. The Morgan fingerprint density at radius 3 is 2.54 bits per heavy atom. The van der Waals surface area contributed by atoms with E-state index in [1.807, 2.05) is 19.1 Å². The van der Waals surface area contributed by atoms with Crippen molar-refractivity contribution in [1.82, 2.24) is 0 Å². The molecule has 3 aromatic rings. The van der Waals surface area contributed by atoms with Crippen LogP contribution in [-0.4, -0.2) is 15.5 Å². The molecule has 136 valence electrons. The van der Waals surface area contributed by atoms with E-state index in [2.05, 4.69) is 4.72 Å². The third kappa shape index (κ3) is 2.94. The fraction of sp³-hybridized carbons (Fsp3) is 0.300. The van der Waals surface area contributed by atoms with Crippen molar-refractivity contribution in [3.63, 3.8) is 0 Å². The number of anilines is 1. The average molecular weight is 371 g/mol. The number of fused-ring (bicyclic) bond motifs is 3. The standard InChI is InChI=1S/C20H21NO4S/c1-13-11-20-17(16-5-3-4-6-19(16)25-20)12-18(13)21-26(22,23)15-9-7-14(24-2)8-10-15/h7-12,21H,3-6H2,1-2H3. The molecule has 1 heterocycles. The SMILES string of the molecule is COc1ccc(S(=O)(=O)Nc2cc3c4c(oc3cc2C)CCCC4)cc1. The smallest absolute Gasteiger partial charge is 0.261 e. The summed E-state index contributed by atoms with van der Waals surface area (Å²) in [5, 5.41) is 1.01. The molecular formula is C20H21NO4S. The van der Waals surface area contributed by atoms with Crippen LogP contribution in [0.2, 0.25) is 0 Å². The quantitative estimate of drug-likeness (QED) is 0.737. The van der Waals surface area contributed by atoms with Gasteiger partial charge in [-0.1, -0.05) is 0 Å². The van der Waals surface area contributed by atoms with Crippen LogP contribution in [0.25, 0.3) is 11.0 Å². The van der Waals surface area contributed by atoms with Gasteiger partial charge in [0.05, 0.1) is 17.7 Å². The predicted octanol–water partition coefficient (Wildman–Crippen LogP) is 4.43. The number of ether oxygens (including phenoxy) is 1. The molecule has 0 aliphatic heterocycles. The van der Waals surface area contributed by atoms with Gasteiger partial charge < -0.3 is 9.15 Å². The van der Waals surface area contributed by atoms with Crippen molar-refractivity contribution < 1.29 is 17.6 Å². The fourth-order valence-corrected chi connectivity index (χ4v) is 4.60. The van der Waals surface area contributed by atoms with E-state index >= 15 is 0 Å². The third-order valence-corrected chi connectivity index (χ3v) is 6.30. The van der Waals surface area contributed by atoms with Crippen molar-refractivity contribution >= 4 is 26.7 Å². The van der Waals surface area contributed by atoms with Crippen LogP contribution in [0.15, 0.2) is 45.7 Å². The Labute approximate surface area is 153 Å². The Balaban J connectivity index is 1.72. The van der Waals surface area contributed by atoms with Crippen LogP contribution in [0, 0.1) is 6.92 Å². The molecule has 4 rings (SSSR count). The highest BCUT2D eigenvalue weighted by Crippen LogP contribution is 2.35. The zero-order valence-corrected chi connectivity index (χ0v) is 15.7. The van der Waals surface area contributed by atoms with Gasteiger partial charge in [-0.15, -0.1) is 0 Å². The molecule has 0 bridgehead atoms. The van der Waals surface area contributed by atoms with Crippen LogP contribution in [-0.2, 0) is 22.9 Å². The summed E-state index contributed by atoms with van der Waals surface area (Å²) in [6.45, 7) is 1.88. The van der Waals surface area contributed by atoms with E-state index in [1.54, 1.807) is 19.2 Å². The maximum atomic E-state index is 12.7. The Morgan fingerprint density at radius 2 is 1.81 bits per heavy atom. The Bertz CT molecular complexity index is 1070. The minimum Gasteiger partial charge on any atom is -0.497 e. The molecule has 5 nitrogen and oxygen atoms in total. The monoisotopic (exact) mass is 371 g/mol. The Hall–Kier alpha value is -2.47. The van der Waals surface area contributed by atoms with E-state index in [0.29, 0.717) is 11.4 Å². The van der Waals surface area contributed by atoms with Gasteiger partial charge in [0.15, 0.2) is 0 Å². The van der Waals surface area contributed by atoms with Gasteiger partial charge >= 0.3 is 0 Å². The van der Waals surface area contributed by atoms with Gasteiger partial charge in [-0.05, 0) is 68.1 Å². The molecule has 1 N–H and O–H groups in total. The molecule has 1 aliphatic rings. The van der Waals surface area contributed by atoms with Crippen molar-refractivity contribution in [2.24, 2.45) is 0 Å². The summed E-state index contributed by atoms with van der Waals surface area (Å²) >= 11 is 0. The zero-order valence-electron chi connectivity index (χ0n) is 14.8. The molecule has 0 fully saturated rings. The molecule has 0 spiro atoms. The molecule has 2 aromatic carbocycles. The average Bonchev–Trinajstić information content (AvgIpc) is 2.99. The number of hydrogen-bond acceptors (Lipinski definition) is 4. The number of rotatable bonds is 4. The van der Waals surface area contributed by atoms with Crippen LogP contribution in [0.1, 0.15) is 29.7 Å². The van der Waals surface area contributed by atoms with Crippen molar-refractivity contribution in [3.8, 4) is 5.75 Å². The molecule has 1 aliphatic carbocycles. The lowest BCUT2D eigenvalue weighted by atomic mass is 9.95. The van der Waals surface area contributed by atoms with E-state index in [0.717, 1.165) is 48.0 Å². The number of aryl methyl sites for hydroxylation is 3. The van der Waals surface area contributed by atoms with Crippen LogP contribution >= 0.6 is 0 Å². The lowest BCUT2D eigenvalue weighted by Gasteiger charge is -2.12. The lowest BCUT2D eigenvalue weighted by molar-refractivity contribution is 0.414. The van der Waals surface area contributed by atoms with Crippen molar-refractivity contribution in [2.45, 2.75) is 37.5 Å². The van der Waals surface area contributed by atoms with Crippen LogP contribution in [0.3, 0.4) is 0 Å². The Morgan fingerprint density at radius 1 is 1.08 bits per heavy atom. The molecule has 0 saturated carbocycles. The number of hydrogen-bond donors (Lipinski definition) is 1. The number of nitrogens with one attached hydrogen (secondary N) is 1. The highest BCUT2D eigenvalue weighted by atomic mass is 32.2. The first-order chi connectivity index (χ1) is 12.5. The first-order valence-electron chi connectivity index (χ1n) is 8.70. The molecule has 6 heteroatoms. The van der Waals surface area contributed by atoms with E-state index in [4.69, 9.17) is 9.15 Å². The first-order valence-corrected chi connectivity index (χ1v) is 10.2. The van der Waals surface area contributed by atoms with Gasteiger partial charge in [0, 0.05) is 17.4 Å². The Kier molecular flexibility index (Phi) is 4.15. The van der Waals surface area contributed by atoms with E-state index in [-0.39, 0.29) is 4.90 Å². The van der Waals surface area contributed by atoms with Gasteiger partial charge in [-0.2, -0.15) is 0 Å². The molecule has 0 unspecified atom stereocenters. The predicted molar refractivity (Wildman–Crippen MR) is 101 cm³/mol. The van der Waals surface area contributed by atoms with Crippen LogP contribution in [0.4, 0.5) is 5.69 Å². The summed E-state index contributed by atoms with van der Waals surface area (Å²) in [4.78, 5) is 0.201. The van der Waals surface area contributed by atoms with Gasteiger partial charge in [0.25, 0.3) is 10.0 Å². The molecule has 0 amide bonds. The largest absolute Gasteiger partial charge is 0.497 e. The minimum atomic E-state index is -3.67. The first kappa shape index (κ1) is 17.0. The summed E-state index contributed by atoms with van der Waals surface area (Å²) in [6.07, 6.45) is 4.22. The molecule has 0 atom stereocenters. The normalized spacial score (nSPS) is 14.2. The molecule has 0 saturated heterocycles. The van der Waals surface area contributed by atoms with Gasteiger partial charge in [-0.25, -0.2) is 8.42 Å². The number of methoxy groups -OCH3 is 1. The topological polar surface area (TPSA) is 68.5 Å². The van der Waals surface area contributed by atoms with E-state index < -0.39 is 10.0 Å². The van der Waals surface area contributed by atoms with Crippen LogP contribution < -0.4 is 9.46 Å². The molecule has 26 heavy (non-hydrogen) atoms. The number of sulfonamides is 1. The van der Waals surface area contributed by atoms with Crippen molar-refractivity contribution in [2.75, 3.05) is 11.8 Å². The summed E-state index contributed by atoms with van der Waals surface area (Å²) in [5.41, 5.74) is 3.47. The second-order valence-electron chi connectivity index (χ2n) is 6.66. The van der Waals surface area contributed by atoms with Gasteiger partial charge in [0.2, 0.25) is 0 Å². The van der Waals surface area contributed by atoms with Gasteiger partial charge in [-0.3, -0.25) is 4.72 Å². The summed E-state index contributed by atoms with van der Waals surface area (Å²) in [7, 11) is -2.12. The van der Waals surface area contributed by atoms with Crippen molar-refractivity contribution in [1.29, 1.82) is 0 Å². The minimum absolute atomic E-state index is 0.201.